The van der Waals surface area contributed by atoms with Gasteiger partial charge in [0.15, 0.2) is 0 Å². The molecule has 17 heavy (non-hydrogen) atoms. The third-order valence-corrected chi connectivity index (χ3v) is 3.58. The van der Waals surface area contributed by atoms with Gasteiger partial charge < -0.3 is 10.6 Å². The third-order valence-electron chi connectivity index (χ3n) is 3.58. The van der Waals surface area contributed by atoms with E-state index in [-0.39, 0.29) is 0 Å². The lowest BCUT2D eigenvalue weighted by atomic mass is 10.0. The molecule has 2 N–H and O–H groups in total. The fraction of sp³-hybridized carbons (Fsp3) is 0.643. The number of rotatable bonds is 2. The van der Waals surface area contributed by atoms with Gasteiger partial charge in [-0.2, -0.15) is 0 Å². The zero-order chi connectivity index (χ0) is 12.4. The van der Waals surface area contributed by atoms with Crippen LogP contribution in [0.5, 0.6) is 0 Å². The molecule has 0 aliphatic carbocycles. The number of pyridine rings is 1. The molecule has 0 saturated carbocycles. The molecule has 1 aliphatic rings. The van der Waals surface area contributed by atoms with Crippen molar-refractivity contribution in [3.63, 3.8) is 0 Å². The number of nitrogens with two attached hydrogens (primary N) is 1. The first-order chi connectivity index (χ1) is 8.08. The summed E-state index contributed by atoms with van der Waals surface area (Å²) in [4.78, 5) is 6.97. The van der Waals surface area contributed by atoms with Crippen LogP contribution in [0.15, 0.2) is 12.3 Å². The molecule has 3 heteroatoms. The van der Waals surface area contributed by atoms with Gasteiger partial charge in [-0.05, 0) is 37.3 Å². The Morgan fingerprint density at radius 3 is 2.53 bits per heavy atom. The van der Waals surface area contributed by atoms with Crippen molar-refractivity contribution in [2.75, 3.05) is 18.0 Å². The maximum Gasteiger partial charge on any atom is 0.0582 e. The molecule has 0 unspecified atom stereocenters. The van der Waals surface area contributed by atoms with Gasteiger partial charge in [0.05, 0.1) is 11.9 Å². The lowest BCUT2D eigenvalue weighted by molar-refractivity contribution is 0.500. The molecule has 0 radical (unpaired) electrons. The minimum atomic E-state index is 0.384. The Morgan fingerprint density at radius 2 is 2.00 bits per heavy atom. The monoisotopic (exact) mass is 233 g/mol. The van der Waals surface area contributed by atoms with Crippen molar-refractivity contribution >= 4 is 5.69 Å². The lowest BCUT2D eigenvalue weighted by Gasteiger charge is -2.33. The number of piperidine rings is 1. The van der Waals surface area contributed by atoms with Crippen LogP contribution in [0, 0.1) is 6.92 Å². The first-order valence-electron chi connectivity index (χ1n) is 6.55. The molecular formula is C14H23N3. The predicted molar refractivity (Wildman–Crippen MR) is 72.5 cm³/mol. The molecule has 0 atom stereocenters. The molecule has 2 rings (SSSR count). The fourth-order valence-electron chi connectivity index (χ4n) is 2.36. The quantitative estimate of drug-likeness (QED) is 0.853. The van der Waals surface area contributed by atoms with E-state index in [1.807, 2.05) is 6.20 Å². The topological polar surface area (TPSA) is 42.2 Å². The molecule has 1 saturated heterocycles. The number of hydrogen-bond donors (Lipinski definition) is 1. The minimum absolute atomic E-state index is 0.384. The van der Waals surface area contributed by atoms with Crippen LogP contribution >= 0.6 is 0 Å². The third kappa shape index (κ3) is 2.78. The Balaban J connectivity index is 2.16. The maximum atomic E-state index is 5.93. The number of hydrogen-bond acceptors (Lipinski definition) is 3. The second-order valence-electron chi connectivity index (χ2n) is 5.37. The van der Waals surface area contributed by atoms with Crippen LogP contribution in [0.4, 0.5) is 5.69 Å². The van der Waals surface area contributed by atoms with Crippen molar-refractivity contribution in [1.82, 2.24) is 4.98 Å². The minimum Gasteiger partial charge on any atom is -0.370 e. The zero-order valence-electron chi connectivity index (χ0n) is 11.1. The summed E-state index contributed by atoms with van der Waals surface area (Å²) in [6.45, 7) is 8.66. The van der Waals surface area contributed by atoms with Crippen molar-refractivity contribution in [3.8, 4) is 0 Å². The van der Waals surface area contributed by atoms with Gasteiger partial charge in [0, 0.05) is 24.8 Å². The van der Waals surface area contributed by atoms with Crippen LogP contribution in [0.25, 0.3) is 0 Å². The number of nitrogens with zero attached hydrogens (tertiary/aromatic N) is 2. The molecule has 2 heterocycles. The van der Waals surface area contributed by atoms with E-state index in [0.29, 0.717) is 12.0 Å². The fourth-order valence-corrected chi connectivity index (χ4v) is 2.36. The van der Waals surface area contributed by atoms with E-state index in [2.05, 4.69) is 36.7 Å². The Hall–Kier alpha value is -1.09. The molecule has 1 aromatic heterocycles. The zero-order valence-corrected chi connectivity index (χ0v) is 11.1. The SMILES string of the molecule is Cc1cc(C(C)C)ncc1N1CCC(N)CC1. The van der Waals surface area contributed by atoms with Crippen LogP contribution in [0.2, 0.25) is 0 Å². The Kier molecular flexibility index (Phi) is 3.67. The van der Waals surface area contributed by atoms with Crippen molar-refractivity contribution in [1.29, 1.82) is 0 Å². The highest BCUT2D eigenvalue weighted by Gasteiger charge is 2.18. The van der Waals surface area contributed by atoms with Crippen molar-refractivity contribution in [3.05, 3.63) is 23.5 Å². The molecule has 3 nitrogen and oxygen atoms in total. The lowest BCUT2D eigenvalue weighted by Crippen LogP contribution is -2.40. The average Bonchev–Trinajstić information content (AvgIpc) is 2.30. The number of anilines is 1. The maximum absolute atomic E-state index is 5.93. The molecule has 0 aromatic carbocycles. The molecule has 94 valence electrons. The van der Waals surface area contributed by atoms with E-state index < -0.39 is 0 Å². The second-order valence-corrected chi connectivity index (χ2v) is 5.37. The summed E-state index contributed by atoms with van der Waals surface area (Å²) >= 11 is 0. The van der Waals surface area contributed by atoms with Crippen LogP contribution in [0.1, 0.15) is 43.9 Å². The normalized spacial score (nSPS) is 17.8. The van der Waals surface area contributed by atoms with Crippen LogP contribution in [0.3, 0.4) is 0 Å². The number of aryl methyl sites for hydroxylation is 1. The summed E-state index contributed by atoms with van der Waals surface area (Å²) in [6, 6.07) is 2.60. The van der Waals surface area contributed by atoms with Gasteiger partial charge in [-0.1, -0.05) is 13.8 Å². The van der Waals surface area contributed by atoms with E-state index in [1.165, 1.54) is 16.9 Å². The average molecular weight is 233 g/mol. The predicted octanol–water partition coefficient (Wildman–Crippen LogP) is 2.44. The Labute approximate surface area is 104 Å². The van der Waals surface area contributed by atoms with Crippen molar-refractivity contribution < 1.29 is 0 Å². The molecule has 1 aromatic rings. The highest BCUT2D eigenvalue weighted by atomic mass is 15.1. The molecule has 1 fully saturated rings. The summed E-state index contributed by atoms with van der Waals surface area (Å²) in [5.41, 5.74) is 9.73. The molecular weight excluding hydrogens is 210 g/mol. The smallest absolute Gasteiger partial charge is 0.0582 e. The Bertz CT molecular complexity index is 379. The molecule has 0 spiro atoms. The molecule has 0 bridgehead atoms. The van der Waals surface area contributed by atoms with Crippen LogP contribution in [-0.4, -0.2) is 24.1 Å². The van der Waals surface area contributed by atoms with Gasteiger partial charge in [0.2, 0.25) is 0 Å². The molecule has 1 aliphatic heterocycles. The largest absolute Gasteiger partial charge is 0.370 e. The van der Waals surface area contributed by atoms with Gasteiger partial charge in [-0.3, -0.25) is 4.98 Å². The van der Waals surface area contributed by atoms with E-state index in [4.69, 9.17) is 5.73 Å². The second kappa shape index (κ2) is 5.05. The van der Waals surface area contributed by atoms with Gasteiger partial charge in [0.1, 0.15) is 0 Å². The highest BCUT2D eigenvalue weighted by molar-refractivity contribution is 5.52. The van der Waals surface area contributed by atoms with Gasteiger partial charge in [-0.15, -0.1) is 0 Å². The van der Waals surface area contributed by atoms with Gasteiger partial charge in [-0.25, -0.2) is 0 Å². The summed E-state index contributed by atoms with van der Waals surface area (Å²) in [5, 5.41) is 0. The first-order valence-corrected chi connectivity index (χ1v) is 6.55. The van der Waals surface area contributed by atoms with E-state index in [9.17, 15) is 0 Å². The standard InChI is InChI=1S/C14H23N3/c1-10(2)13-8-11(3)14(9-16-13)17-6-4-12(15)5-7-17/h8-10,12H,4-7,15H2,1-3H3. The van der Waals surface area contributed by atoms with Crippen molar-refractivity contribution in [2.45, 2.75) is 45.6 Å². The summed E-state index contributed by atoms with van der Waals surface area (Å²) < 4.78 is 0. The summed E-state index contributed by atoms with van der Waals surface area (Å²) in [5.74, 6) is 0.498. The summed E-state index contributed by atoms with van der Waals surface area (Å²) in [6.07, 6.45) is 4.21. The van der Waals surface area contributed by atoms with Crippen LogP contribution in [-0.2, 0) is 0 Å². The van der Waals surface area contributed by atoms with E-state index in [0.717, 1.165) is 25.9 Å². The van der Waals surface area contributed by atoms with E-state index in [1.54, 1.807) is 0 Å². The molecule has 0 amide bonds. The van der Waals surface area contributed by atoms with E-state index >= 15 is 0 Å². The highest BCUT2D eigenvalue weighted by Crippen LogP contribution is 2.25. The van der Waals surface area contributed by atoms with Crippen LogP contribution < -0.4 is 10.6 Å². The number of aromatic nitrogens is 1. The summed E-state index contributed by atoms with van der Waals surface area (Å²) in [7, 11) is 0. The van der Waals surface area contributed by atoms with Gasteiger partial charge in [0.25, 0.3) is 0 Å². The Morgan fingerprint density at radius 1 is 1.35 bits per heavy atom. The van der Waals surface area contributed by atoms with Crippen molar-refractivity contribution in [2.24, 2.45) is 5.73 Å². The van der Waals surface area contributed by atoms with Gasteiger partial charge >= 0.3 is 0 Å². The first kappa shape index (κ1) is 12.4.